The first kappa shape index (κ1) is 22.9. The molecular weight excluding hydrogens is 448 g/mol. The van der Waals surface area contributed by atoms with Crippen LogP contribution >= 0.6 is 11.8 Å². The number of nitrogens with zero attached hydrogens (tertiary/aromatic N) is 2. The summed E-state index contributed by atoms with van der Waals surface area (Å²) in [6.07, 6.45) is 1.55. The van der Waals surface area contributed by atoms with Crippen LogP contribution < -0.4 is 20.1 Å². The largest absolute Gasteiger partial charge is 0.454 e. The Labute approximate surface area is 195 Å². The highest BCUT2D eigenvalue weighted by molar-refractivity contribution is 8.00. The fourth-order valence-electron chi connectivity index (χ4n) is 3.38. The van der Waals surface area contributed by atoms with E-state index in [1.54, 1.807) is 48.4 Å². The van der Waals surface area contributed by atoms with Crippen LogP contribution in [0.2, 0.25) is 0 Å². The summed E-state index contributed by atoms with van der Waals surface area (Å²) in [4.78, 5) is 43.7. The summed E-state index contributed by atoms with van der Waals surface area (Å²) in [6.45, 7) is 3.80. The molecule has 0 bridgehead atoms. The average molecular weight is 473 g/mol. The van der Waals surface area contributed by atoms with Gasteiger partial charge in [-0.25, -0.2) is 4.98 Å². The lowest BCUT2D eigenvalue weighted by atomic mass is 10.2. The number of anilines is 1. The standard InChI is InChI=1S/C22H24N4O6S/c1-14(22(29)26-7-9-30-10-8-26)24-20(28)16-3-2-6-23-21(16)33-12-19(27)25-15-4-5-17-18(11-15)32-13-31-17/h2-6,11,14H,7-10,12-13H2,1H3,(H,24,28)(H,25,27). The molecule has 0 radical (unpaired) electrons. The molecule has 2 N–H and O–H groups in total. The van der Waals surface area contributed by atoms with E-state index in [2.05, 4.69) is 15.6 Å². The first-order valence-corrected chi connectivity index (χ1v) is 11.4. The molecule has 3 heterocycles. The number of ether oxygens (including phenoxy) is 3. The smallest absolute Gasteiger partial charge is 0.254 e. The van der Waals surface area contributed by atoms with Crippen LogP contribution in [0.4, 0.5) is 5.69 Å². The van der Waals surface area contributed by atoms with Gasteiger partial charge in [0.2, 0.25) is 18.6 Å². The van der Waals surface area contributed by atoms with Crippen LogP contribution in [0.25, 0.3) is 0 Å². The van der Waals surface area contributed by atoms with E-state index in [1.165, 1.54) is 0 Å². The quantitative estimate of drug-likeness (QED) is 0.582. The number of hydrogen-bond donors (Lipinski definition) is 2. The molecule has 33 heavy (non-hydrogen) atoms. The third-order valence-electron chi connectivity index (χ3n) is 5.05. The number of morpholine rings is 1. The molecule has 0 saturated carbocycles. The molecule has 174 valence electrons. The molecule has 10 nitrogen and oxygen atoms in total. The highest BCUT2D eigenvalue weighted by atomic mass is 32.2. The Morgan fingerprint density at radius 1 is 1.15 bits per heavy atom. The lowest BCUT2D eigenvalue weighted by molar-refractivity contribution is -0.136. The number of pyridine rings is 1. The maximum atomic E-state index is 12.8. The van der Waals surface area contributed by atoms with Crippen LogP contribution in [0.15, 0.2) is 41.6 Å². The zero-order valence-electron chi connectivity index (χ0n) is 18.0. The Balaban J connectivity index is 1.33. The first-order valence-electron chi connectivity index (χ1n) is 10.5. The number of carbonyl (C=O) groups is 3. The van der Waals surface area contributed by atoms with Crippen molar-refractivity contribution >= 4 is 35.2 Å². The van der Waals surface area contributed by atoms with Crippen LogP contribution in [0.3, 0.4) is 0 Å². The summed E-state index contributed by atoms with van der Waals surface area (Å²) < 4.78 is 15.8. The summed E-state index contributed by atoms with van der Waals surface area (Å²) in [7, 11) is 0. The fraction of sp³-hybridized carbons (Fsp3) is 0.364. The van der Waals surface area contributed by atoms with E-state index in [1.807, 2.05) is 0 Å². The molecule has 1 aromatic heterocycles. The molecular formula is C22H24N4O6S. The van der Waals surface area contributed by atoms with Gasteiger partial charge < -0.3 is 29.7 Å². The maximum Gasteiger partial charge on any atom is 0.254 e. The van der Waals surface area contributed by atoms with E-state index >= 15 is 0 Å². The number of benzene rings is 1. The molecule has 2 aromatic rings. The molecule has 1 atom stereocenters. The SMILES string of the molecule is CC(NC(=O)c1cccnc1SCC(=O)Nc1ccc2c(c1)OCO2)C(=O)N1CCOCC1. The van der Waals surface area contributed by atoms with Crippen LogP contribution in [0.5, 0.6) is 11.5 Å². The van der Waals surface area contributed by atoms with Crippen molar-refractivity contribution < 1.29 is 28.6 Å². The predicted molar refractivity (Wildman–Crippen MR) is 120 cm³/mol. The highest BCUT2D eigenvalue weighted by Gasteiger charge is 2.25. The van der Waals surface area contributed by atoms with Crippen molar-refractivity contribution in [2.45, 2.75) is 18.0 Å². The van der Waals surface area contributed by atoms with Gasteiger partial charge in [0, 0.05) is 31.0 Å². The van der Waals surface area contributed by atoms with Gasteiger partial charge in [-0.15, -0.1) is 0 Å². The first-order chi connectivity index (χ1) is 16.0. The van der Waals surface area contributed by atoms with Gasteiger partial charge in [-0.1, -0.05) is 11.8 Å². The number of amides is 3. The molecule has 11 heteroatoms. The van der Waals surface area contributed by atoms with Crippen LogP contribution in [-0.4, -0.2) is 72.5 Å². The van der Waals surface area contributed by atoms with Gasteiger partial charge in [0.25, 0.3) is 5.91 Å². The molecule has 3 amide bonds. The van der Waals surface area contributed by atoms with E-state index in [4.69, 9.17) is 14.2 Å². The lowest BCUT2D eigenvalue weighted by Crippen LogP contribution is -2.50. The van der Waals surface area contributed by atoms with Crippen molar-refractivity contribution in [3.8, 4) is 11.5 Å². The average Bonchev–Trinajstić information content (AvgIpc) is 3.31. The predicted octanol–water partition coefficient (Wildman–Crippen LogP) is 1.52. The molecule has 1 fully saturated rings. The number of nitrogens with one attached hydrogen (secondary N) is 2. The number of hydrogen-bond acceptors (Lipinski definition) is 8. The van der Waals surface area contributed by atoms with Gasteiger partial charge in [0.1, 0.15) is 11.1 Å². The van der Waals surface area contributed by atoms with E-state index in [0.717, 1.165) is 11.8 Å². The van der Waals surface area contributed by atoms with E-state index in [0.29, 0.717) is 54.1 Å². The molecule has 1 aromatic carbocycles. The van der Waals surface area contributed by atoms with Crippen molar-refractivity contribution in [3.05, 3.63) is 42.1 Å². The van der Waals surface area contributed by atoms with E-state index < -0.39 is 11.9 Å². The van der Waals surface area contributed by atoms with Gasteiger partial charge in [-0.05, 0) is 31.2 Å². The second-order valence-electron chi connectivity index (χ2n) is 7.39. The Bertz CT molecular complexity index is 1040. The third kappa shape index (κ3) is 5.74. The number of carbonyl (C=O) groups excluding carboxylic acids is 3. The summed E-state index contributed by atoms with van der Waals surface area (Å²) >= 11 is 1.14. The van der Waals surface area contributed by atoms with Crippen LogP contribution in [-0.2, 0) is 14.3 Å². The normalized spacial score (nSPS) is 15.6. The fourth-order valence-corrected chi connectivity index (χ4v) is 4.17. The lowest BCUT2D eigenvalue weighted by Gasteiger charge is -2.29. The van der Waals surface area contributed by atoms with Crippen molar-refractivity contribution in [1.82, 2.24) is 15.2 Å². The minimum absolute atomic E-state index is 0.0496. The summed E-state index contributed by atoms with van der Waals surface area (Å²) in [5.74, 6) is 0.418. The van der Waals surface area contributed by atoms with E-state index in [-0.39, 0.29) is 24.4 Å². The molecule has 0 aliphatic carbocycles. The zero-order valence-corrected chi connectivity index (χ0v) is 18.9. The number of rotatable bonds is 7. The maximum absolute atomic E-state index is 12.8. The molecule has 0 spiro atoms. The number of fused-ring (bicyclic) bond motifs is 1. The molecule has 2 aliphatic rings. The summed E-state index contributed by atoms with van der Waals surface area (Å²) in [6, 6.07) is 7.71. The van der Waals surface area contributed by atoms with E-state index in [9.17, 15) is 14.4 Å². The Hall–Kier alpha value is -3.31. The van der Waals surface area contributed by atoms with Crippen molar-refractivity contribution in [2.24, 2.45) is 0 Å². The Kier molecular flexibility index (Phi) is 7.30. The molecule has 1 saturated heterocycles. The van der Waals surface area contributed by atoms with Gasteiger partial charge >= 0.3 is 0 Å². The third-order valence-corrected chi connectivity index (χ3v) is 6.06. The van der Waals surface area contributed by atoms with Crippen molar-refractivity contribution in [3.63, 3.8) is 0 Å². The monoisotopic (exact) mass is 472 g/mol. The van der Waals surface area contributed by atoms with Crippen LogP contribution in [0, 0.1) is 0 Å². The Morgan fingerprint density at radius 3 is 2.76 bits per heavy atom. The summed E-state index contributed by atoms with van der Waals surface area (Å²) in [5.41, 5.74) is 0.888. The van der Waals surface area contributed by atoms with Gasteiger partial charge in [-0.3, -0.25) is 14.4 Å². The topological polar surface area (TPSA) is 119 Å². The zero-order chi connectivity index (χ0) is 23.2. The van der Waals surface area contributed by atoms with Gasteiger partial charge in [0.15, 0.2) is 11.5 Å². The molecule has 2 aliphatic heterocycles. The number of aromatic nitrogens is 1. The second-order valence-corrected chi connectivity index (χ2v) is 8.36. The van der Waals surface area contributed by atoms with Crippen LogP contribution in [0.1, 0.15) is 17.3 Å². The highest BCUT2D eigenvalue weighted by Crippen LogP contribution is 2.34. The minimum Gasteiger partial charge on any atom is -0.454 e. The Morgan fingerprint density at radius 2 is 1.94 bits per heavy atom. The molecule has 4 rings (SSSR count). The summed E-state index contributed by atoms with van der Waals surface area (Å²) in [5, 5.41) is 5.93. The number of thioether (sulfide) groups is 1. The second kappa shape index (κ2) is 10.5. The van der Waals surface area contributed by atoms with Crippen molar-refractivity contribution in [2.75, 3.05) is 44.2 Å². The van der Waals surface area contributed by atoms with Gasteiger partial charge in [0.05, 0.1) is 24.5 Å². The van der Waals surface area contributed by atoms with Crippen molar-refractivity contribution in [1.29, 1.82) is 0 Å². The minimum atomic E-state index is -0.692. The van der Waals surface area contributed by atoms with Gasteiger partial charge in [-0.2, -0.15) is 0 Å². The molecule has 1 unspecified atom stereocenters.